The molecule has 4 heteroatoms. The molecule has 0 spiro atoms. The maximum absolute atomic E-state index is 12.9. The van der Waals surface area contributed by atoms with Crippen LogP contribution in [0.1, 0.15) is 15.9 Å². The average molecular weight is 278 g/mol. The number of benzene rings is 2. The first-order valence-corrected chi connectivity index (χ1v) is 6.20. The molecule has 2 rings (SSSR count). The number of amides is 1. The number of rotatable bonds is 3. The number of carbonyl (C=O) groups is 1. The third-order valence-corrected chi connectivity index (χ3v) is 3.08. The fourth-order valence-corrected chi connectivity index (χ4v) is 2.05. The molecule has 0 radical (unpaired) electrons. The third-order valence-electron chi connectivity index (χ3n) is 2.77. The van der Waals surface area contributed by atoms with Gasteiger partial charge in [-0.3, -0.25) is 4.79 Å². The third kappa shape index (κ3) is 3.32. The normalized spacial score (nSPS) is 10.3. The van der Waals surface area contributed by atoms with Gasteiger partial charge in [0, 0.05) is 13.6 Å². The second-order valence-corrected chi connectivity index (χ2v) is 4.68. The molecule has 0 unspecified atom stereocenters. The Morgan fingerprint density at radius 3 is 2.53 bits per heavy atom. The van der Waals surface area contributed by atoms with Gasteiger partial charge in [-0.05, 0) is 23.8 Å². The lowest BCUT2D eigenvalue weighted by Gasteiger charge is -2.18. The molecule has 0 aliphatic rings. The summed E-state index contributed by atoms with van der Waals surface area (Å²) in [5.41, 5.74) is 1.33. The Bertz CT molecular complexity index is 586. The molecule has 0 N–H and O–H groups in total. The summed E-state index contributed by atoms with van der Waals surface area (Å²) in [6.07, 6.45) is 0. The maximum atomic E-state index is 12.9. The van der Waals surface area contributed by atoms with Crippen LogP contribution in [0.4, 0.5) is 4.39 Å². The van der Waals surface area contributed by atoms with Crippen LogP contribution < -0.4 is 0 Å². The zero-order valence-electron chi connectivity index (χ0n) is 10.4. The molecule has 0 aliphatic heterocycles. The molecule has 2 aromatic carbocycles. The Hall–Kier alpha value is -1.87. The summed E-state index contributed by atoms with van der Waals surface area (Å²) in [7, 11) is 1.69. The van der Waals surface area contributed by atoms with E-state index in [1.165, 1.54) is 12.1 Å². The molecule has 2 nitrogen and oxygen atoms in total. The van der Waals surface area contributed by atoms with Crippen LogP contribution in [0, 0.1) is 5.82 Å². The first-order valence-electron chi connectivity index (χ1n) is 5.82. The first kappa shape index (κ1) is 13.6. The molecular formula is C15H13ClFNO. The highest BCUT2D eigenvalue weighted by molar-refractivity contribution is 6.33. The number of hydrogen-bond donors (Lipinski definition) is 0. The van der Waals surface area contributed by atoms with E-state index < -0.39 is 5.82 Å². The van der Waals surface area contributed by atoms with Crippen molar-refractivity contribution >= 4 is 17.5 Å². The standard InChI is InChI=1S/C15H13ClFNO/c1-18(10-11-5-3-2-4-6-11)15(19)13-8-7-12(17)9-14(13)16/h2-9H,10H2,1H3. The molecule has 98 valence electrons. The predicted octanol–water partition coefficient (Wildman–Crippen LogP) is 3.75. The van der Waals surface area contributed by atoms with Gasteiger partial charge in [-0.1, -0.05) is 41.9 Å². The molecule has 0 heterocycles. The Labute approximate surface area is 116 Å². The minimum atomic E-state index is -0.452. The lowest BCUT2D eigenvalue weighted by molar-refractivity contribution is 0.0785. The van der Waals surface area contributed by atoms with Crippen LogP contribution in [-0.4, -0.2) is 17.9 Å². The lowest BCUT2D eigenvalue weighted by Crippen LogP contribution is -2.26. The predicted molar refractivity (Wildman–Crippen MR) is 73.6 cm³/mol. The van der Waals surface area contributed by atoms with Gasteiger partial charge in [0.1, 0.15) is 5.82 Å². The summed E-state index contributed by atoms with van der Waals surface area (Å²) >= 11 is 5.88. The van der Waals surface area contributed by atoms with Gasteiger partial charge in [0.05, 0.1) is 10.6 Å². The minimum Gasteiger partial charge on any atom is -0.337 e. The van der Waals surface area contributed by atoms with Gasteiger partial charge in [-0.25, -0.2) is 4.39 Å². The van der Waals surface area contributed by atoms with Crippen molar-refractivity contribution in [3.8, 4) is 0 Å². The van der Waals surface area contributed by atoms with Gasteiger partial charge in [-0.2, -0.15) is 0 Å². The van der Waals surface area contributed by atoms with Crippen molar-refractivity contribution in [2.45, 2.75) is 6.54 Å². The summed E-state index contributed by atoms with van der Waals surface area (Å²) in [5, 5.41) is 0.130. The van der Waals surface area contributed by atoms with Gasteiger partial charge in [0.25, 0.3) is 5.91 Å². The monoisotopic (exact) mass is 277 g/mol. The molecule has 19 heavy (non-hydrogen) atoms. The second-order valence-electron chi connectivity index (χ2n) is 4.27. The lowest BCUT2D eigenvalue weighted by atomic mass is 10.1. The molecule has 2 aromatic rings. The van der Waals surface area contributed by atoms with Gasteiger partial charge in [-0.15, -0.1) is 0 Å². The quantitative estimate of drug-likeness (QED) is 0.837. The second kappa shape index (κ2) is 5.85. The van der Waals surface area contributed by atoms with Crippen molar-refractivity contribution in [1.82, 2.24) is 4.90 Å². The molecule has 0 saturated carbocycles. The van der Waals surface area contributed by atoms with E-state index in [4.69, 9.17) is 11.6 Å². The van der Waals surface area contributed by atoms with Crippen LogP contribution in [0.2, 0.25) is 5.02 Å². The van der Waals surface area contributed by atoms with Crippen LogP contribution in [0.5, 0.6) is 0 Å². The minimum absolute atomic E-state index is 0.130. The van der Waals surface area contributed by atoms with E-state index in [2.05, 4.69) is 0 Å². The highest BCUT2D eigenvalue weighted by Crippen LogP contribution is 2.19. The summed E-state index contributed by atoms with van der Waals surface area (Å²) in [6, 6.07) is 13.4. The van der Waals surface area contributed by atoms with Crippen LogP contribution in [0.3, 0.4) is 0 Å². The van der Waals surface area contributed by atoms with Crippen molar-refractivity contribution in [2.75, 3.05) is 7.05 Å². The molecule has 1 amide bonds. The van der Waals surface area contributed by atoms with E-state index in [0.717, 1.165) is 11.6 Å². The fourth-order valence-electron chi connectivity index (χ4n) is 1.80. The Morgan fingerprint density at radius 2 is 1.89 bits per heavy atom. The smallest absolute Gasteiger partial charge is 0.255 e. The first-order chi connectivity index (χ1) is 9.08. The molecule has 0 aliphatic carbocycles. The molecule has 0 bridgehead atoms. The Balaban J connectivity index is 2.15. The number of hydrogen-bond acceptors (Lipinski definition) is 1. The molecule has 0 saturated heterocycles. The van der Waals surface area contributed by atoms with E-state index in [1.807, 2.05) is 30.3 Å². The van der Waals surface area contributed by atoms with Gasteiger partial charge in [0.15, 0.2) is 0 Å². The van der Waals surface area contributed by atoms with Crippen LogP contribution in [0.25, 0.3) is 0 Å². The topological polar surface area (TPSA) is 20.3 Å². The number of nitrogens with zero attached hydrogens (tertiary/aromatic N) is 1. The summed E-state index contributed by atoms with van der Waals surface area (Å²) in [4.78, 5) is 13.8. The van der Waals surface area contributed by atoms with Gasteiger partial charge >= 0.3 is 0 Å². The van der Waals surface area contributed by atoms with Crippen molar-refractivity contribution in [1.29, 1.82) is 0 Å². The number of carbonyl (C=O) groups excluding carboxylic acids is 1. The highest BCUT2D eigenvalue weighted by atomic mass is 35.5. The average Bonchev–Trinajstić information content (AvgIpc) is 2.39. The van der Waals surface area contributed by atoms with Gasteiger partial charge in [0.2, 0.25) is 0 Å². The van der Waals surface area contributed by atoms with Crippen molar-refractivity contribution in [2.24, 2.45) is 0 Å². The molecule has 0 aromatic heterocycles. The SMILES string of the molecule is CN(Cc1ccccc1)C(=O)c1ccc(F)cc1Cl. The Morgan fingerprint density at radius 1 is 1.21 bits per heavy atom. The van der Waals surface area contributed by atoms with Crippen LogP contribution in [0.15, 0.2) is 48.5 Å². The van der Waals surface area contributed by atoms with Crippen molar-refractivity contribution in [3.63, 3.8) is 0 Å². The molecular weight excluding hydrogens is 265 g/mol. The zero-order valence-corrected chi connectivity index (χ0v) is 11.2. The van der Waals surface area contributed by atoms with Crippen molar-refractivity contribution < 1.29 is 9.18 Å². The van der Waals surface area contributed by atoms with E-state index in [1.54, 1.807) is 11.9 Å². The van der Waals surface area contributed by atoms with Crippen LogP contribution in [-0.2, 0) is 6.54 Å². The number of halogens is 2. The Kier molecular flexibility index (Phi) is 4.17. The molecule has 0 atom stereocenters. The summed E-state index contributed by atoms with van der Waals surface area (Å²) in [5.74, 6) is -0.680. The van der Waals surface area contributed by atoms with E-state index in [9.17, 15) is 9.18 Å². The summed E-state index contributed by atoms with van der Waals surface area (Å²) < 4.78 is 12.9. The van der Waals surface area contributed by atoms with Crippen LogP contribution >= 0.6 is 11.6 Å². The zero-order chi connectivity index (χ0) is 13.8. The molecule has 0 fully saturated rings. The van der Waals surface area contributed by atoms with E-state index in [0.29, 0.717) is 12.1 Å². The fraction of sp³-hybridized carbons (Fsp3) is 0.133. The maximum Gasteiger partial charge on any atom is 0.255 e. The van der Waals surface area contributed by atoms with E-state index in [-0.39, 0.29) is 10.9 Å². The van der Waals surface area contributed by atoms with Gasteiger partial charge < -0.3 is 4.90 Å². The van der Waals surface area contributed by atoms with E-state index >= 15 is 0 Å². The van der Waals surface area contributed by atoms with Crippen molar-refractivity contribution in [3.05, 3.63) is 70.5 Å². The largest absolute Gasteiger partial charge is 0.337 e. The highest BCUT2D eigenvalue weighted by Gasteiger charge is 2.15. The summed E-state index contributed by atoms with van der Waals surface area (Å²) in [6.45, 7) is 0.480.